The first-order valence-electron chi connectivity index (χ1n) is 9.41. The number of ether oxygens (including phenoxy) is 1. The molecule has 0 saturated heterocycles. The Labute approximate surface area is 151 Å². The van der Waals surface area contributed by atoms with Crippen molar-refractivity contribution < 1.29 is 9.53 Å². The van der Waals surface area contributed by atoms with Crippen molar-refractivity contribution in [3.8, 4) is 5.75 Å². The van der Waals surface area contributed by atoms with Gasteiger partial charge in [0.1, 0.15) is 11.9 Å². The summed E-state index contributed by atoms with van der Waals surface area (Å²) in [5.41, 5.74) is 1.37. The quantitative estimate of drug-likeness (QED) is 0.649. The number of carbonyl (C=O) groups is 1. The van der Waals surface area contributed by atoms with E-state index in [0.29, 0.717) is 28.9 Å². The van der Waals surface area contributed by atoms with Crippen LogP contribution in [0.25, 0.3) is 0 Å². The summed E-state index contributed by atoms with van der Waals surface area (Å²) in [4.78, 5) is 12.9. The van der Waals surface area contributed by atoms with E-state index < -0.39 is 0 Å². The molecule has 0 N–H and O–H groups in total. The van der Waals surface area contributed by atoms with Gasteiger partial charge in [0.2, 0.25) is 0 Å². The van der Waals surface area contributed by atoms with Crippen molar-refractivity contribution in [1.29, 1.82) is 0 Å². The molecule has 3 unspecified atom stereocenters. The topological polar surface area (TPSA) is 26.3 Å². The maximum Gasteiger partial charge on any atom is 0.196 e. The maximum absolute atomic E-state index is 12.9. The SMILES string of the molecule is CC1CCC(C(C)C)C(Oc2ccccc2C(=O)c2ccccc2)C1. The minimum absolute atomic E-state index is 0.0288. The fourth-order valence-electron chi connectivity index (χ4n) is 3.92. The Hall–Kier alpha value is -2.09. The van der Waals surface area contributed by atoms with E-state index in [0.717, 1.165) is 12.2 Å². The largest absolute Gasteiger partial charge is 0.489 e. The van der Waals surface area contributed by atoms with E-state index in [2.05, 4.69) is 20.8 Å². The van der Waals surface area contributed by atoms with Crippen LogP contribution in [0, 0.1) is 17.8 Å². The van der Waals surface area contributed by atoms with Crippen molar-refractivity contribution in [2.45, 2.75) is 46.1 Å². The zero-order chi connectivity index (χ0) is 17.8. The molecule has 0 aromatic heterocycles. The second-order valence-electron chi connectivity index (χ2n) is 7.67. The molecule has 2 aromatic rings. The summed E-state index contributed by atoms with van der Waals surface area (Å²) in [6.07, 6.45) is 3.73. The Kier molecular flexibility index (Phi) is 5.57. The minimum atomic E-state index is 0.0288. The van der Waals surface area contributed by atoms with Crippen LogP contribution >= 0.6 is 0 Å². The maximum atomic E-state index is 12.9. The molecule has 25 heavy (non-hydrogen) atoms. The molecule has 0 aliphatic heterocycles. The fourth-order valence-corrected chi connectivity index (χ4v) is 3.92. The molecule has 132 valence electrons. The summed E-state index contributed by atoms with van der Waals surface area (Å²) in [6.45, 7) is 6.85. The number of hydrogen-bond acceptors (Lipinski definition) is 2. The van der Waals surface area contributed by atoms with E-state index in [-0.39, 0.29) is 11.9 Å². The highest BCUT2D eigenvalue weighted by Gasteiger charge is 2.33. The first-order valence-corrected chi connectivity index (χ1v) is 9.41. The van der Waals surface area contributed by atoms with Gasteiger partial charge in [-0.25, -0.2) is 0 Å². The van der Waals surface area contributed by atoms with Gasteiger partial charge in [0.05, 0.1) is 5.56 Å². The van der Waals surface area contributed by atoms with Gasteiger partial charge in [0.15, 0.2) is 5.78 Å². The average molecular weight is 336 g/mol. The molecule has 2 heteroatoms. The van der Waals surface area contributed by atoms with E-state index in [1.165, 1.54) is 12.8 Å². The van der Waals surface area contributed by atoms with Gasteiger partial charge in [-0.15, -0.1) is 0 Å². The summed E-state index contributed by atoms with van der Waals surface area (Å²) in [6, 6.07) is 17.1. The molecule has 1 aliphatic rings. The molecular weight excluding hydrogens is 308 g/mol. The summed E-state index contributed by atoms with van der Waals surface area (Å²) < 4.78 is 6.45. The van der Waals surface area contributed by atoms with Crippen molar-refractivity contribution in [3.05, 3.63) is 65.7 Å². The Morgan fingerprint density at radius 1 is 1.00 bits per heavy atom. The molecule has 1 aliphatic carbocycles. The fraction of sp³-hybridized carbons (Fsp3) is 0.435. The van der Waals surface area contributed by atoms with E-state index in [1.807, 2.05) is 54.6 Å². The molecule has 0 heterocycles. The second-order valence-corrected chi connectivity index (χ2v) is 7.67. The van der Waals surface area contributed by atoms with Crippen molar-refractivity contribution in [3.63, 3.8) is 0 Å². The molecule has 2 aromatic carbocycles. The number of hydrogen-bond donors (Lipinski definition) is 0. The highest BCUT2D eigenvalue weighted by atomic mass is 16.5. The lowest BCUT2D eigenvalue weighted by Gasteiger charge is -2.37. The van der Waals surface area contributed by atoms with Gasteiger partial charge >= 0.3 is 0 Å². The highest BCUT2D eigenvalue weighted by molar-refractivity contribution is 6.10. The van der Waals surface area contributed by atoms with Crippen molar-refractivity contribution in [2.75, 3.05) is 0 Å². The van der Waals surface area contributed by atoms with E-state index in [9.17, 15) is 4.79 Å². The van der Waals surface area contributed by atoms with Crippen LogP contribution in [0.1, 0.15) is 56.0 Å². The standard InChI is InChI=1S/C23H28O2/c1-16(2)19-14-13-17(3)15-22(19)25-21-12-8-7-11-20(21)23(24)18-9-5-4-6-10-18/h4-12,16-17,19,22H,13-15H2,1-3H3. The van der Waals surface area contributed by atoms with Gasteiger partial charge in [0.25, 0.3) is 0 Å². The van der Waals surface area contributed by atoms with Crippen LogP contribution < -0.4 is 4.74 Å². The van der Waals surface area contributed by atoms with Gasteiger partial charge in [-0.05, 0) is 42.7 Å². The molecule has 0 spiro atoms. The van der Waals surface area contributed by atoms with Crippen molar-refractivity contribution in [1.82, 2.24) is 0 Å². The van der Waals surface area contributed by atoms with Gasteiger partial charge in [-0.1, -0.05) is 69.7 Å². The Balaban J connectivity index is 1.86. The Bertz CT molecular complexity index is 705. The van der Waals surface area contributed by atoms with Crippen LogP contribution in [-0.2, 0) is 0 Å². The molecule has 1 saturated carbocycles. The number of para-hydroxylation sites is 1. The molecular formula is C23H28O2. The lowest BCUT2D eigenvalue weighted by atomic mass is 9.75. The number of ketones is 1. The summed E-state index contributed by atoms with van der Waals surface area (Å²) in [5.74, 6) is 2.57. The Morgan fingerprint density at radius 2 is 1.68 bits per heavy atom. The molecule has 0 bridgehead atoms. The summed E-state index contributed by atoms with van der Waals surface area (Å²) in [5, 5.41) is 0. The molecule has 2 nitrogen and oxygen atoms in total. The zero-order valence-electron chi connectivity index (χ0n) is 15.4. The van der Waals surface area contributed by atoms with E-state index >= 15 is 0 Å². The van der Waals surface area contributed by atoms with Crippen LogP contribution in [0.15, 0.2) is 54.6 Å². The molecule has 3 atom stereocenters. The third-order valence-corrected chi connectivity index (χ3v) is 5.41. The van der Waals surface area contributed by atoms with Crippen molar-refractivity contribution in [2.24, 2.45) is 17.8 Å². The lowest BCUT2D eigenvalue weighted by molar-refractivity contribution is 0.0453. The molecule has 0 amide bonds. The third kappa shape index (κ3) is 4.12. The zero-order valence-corrected chi connectivity index (χ0v) is 15.4. The van der Waals surface area contributed by atoms with Crippen LogP contribution in [0.4, 0.5) is 0 Å². The molecule has 0 radical (unpaired) electrons. The number of benzene rings is 2. The van der Waals surface area contributed by atoms with Crippen LogP contribution in [0.3, 0.4) is 0 Å². The monoisotopic (exact) mass is 336 g/mol. The summed E-state index contributed by atoms with van der Waals surface area (Å²) >= 11 is 0. The predicted molar refractivity (Wildman–Crippen MR) is 102 cm³/mol. The van der Waals surface area contributed by atoms with E-state index in [1.54, 1.807) is 0 Å². The predicted octanol–water partition coefficient (Wildman–Crippen LogP) is 5.76. The third-order valence-electron chi connectivity index (χ3n) is 5.41. The summed E-state index contributed by atoms with van der Waals surface area (Å²) in [7, 11) is 0. The molecule has 1 fully saturated rings. The smallest absolute Gasteiger partial charge is 0.196 e. The van der Waals surface area contributed by atoms with Crippen LogP contribution in [0.2, 0.25) is 0 Å². The first kappa shape index (κ1) is 17.7. The first-order chi connectivity index (χ1) is 12.1. The molecule has 3 rings (SSSR count). The highest BCUT2D eigenvalue weighted by Crippen LogP contribution is 2.37. The van der Waals surface area contributed by atoms with Gasteiger partial charge < -0.3 is 4.74 Å². The van der Waals surface area contributed by atoms with Crippen LogP contribution in [-0.4, -0.2) is 11.9 Å². The number of rotatable bonds is 5. The minimum Gasteiger partial charge on any atom is -0.489 e. The number of carbonyl (C=O) groups excluding carboxylic acids is 1. The van der Waals surface area contributed by atoms with Crippen molar-refractivity contribution >= 4 is 5.78 Å². The van der Waals surface area contributed by atoms with Gasteiger partial charge in [-0.3, -0.25) is 4.79 Å². The van der Waals surface area contributed by atoms with Crippen LogP contribution in [0.5, 0.6) is 5.75 Å². The normalized spacial score (nSPS) is 23.4. The Morgan fingerprint density at radius 3 is 2.40 bits per heavy atom. The average Bonchev–Trinajstić information content (AvgIpc) is 2.62. The van der Waals surface area contributed by atoms with Gasteiger partial charge in [-0.2, -0.15) is 0 Å². The van der Waals surface area contributed by atoms with Gasteiger partial charge in [0, 0.05) is 5.56 Å². The van der Waals surface area contributed by atoms with E-state index in [4.69, 9.17) is 4.74 Å². The lowest BCUT2D eigenvalue weighted by Crippen LogP contribution is -2.36. The second kappa shape index (κ2) is 7.86.